The molecule has 4 N–H and O–H groups in total. The monoisotopic (exact) mass is 297 g/mol. The first-order valence-electron chi connectivity index (χ1n) is 5.60. The van der Waals surface area contributed by atoms with Gasteiger partial charge in [0.05, 0.1) is 5.69 Å². The number of rotatable bonds is 5. The molecule has 7 heteroatoms. The van der Waals surface area contributed by atoms with Crippen LogP contribution in [0.15, 0.2) is 46.3 Å². The number of H-pyrrole nitrogens is 1. The van der Waals surface area contributed by atoms with Crippen molar-refractivity contribution in [2.75, 3.05) is 11.0 Å². The van der Waals surface area contributed by atoms with Crippen LogP contribution in [0.1, 0.15) is 5.69 Å². The van der Waals surface area contributed by atoms with E-state index < -0.39 is 10.0 Å². The predicted molar refractivity (Wildman–Crippen MR) is 77.7 cm³/mol. The molecule has 0 fully saturated rings. The Balaban J connectivity index is 2.31. The molecule has 19 heavy (non-hydrogen) atoms. The quantitative estimate of drug-likeness (QED) is 0.737. The van der Waals surface area contributed by atoms with Crippen molar-refractivity contribution in [2.45, 2.75) is 16.3 Å². The first-order chi connectivity index (χ1) is 9.06. The summed E-state index contributed by atoms with van der Waals surface area (Å²) in [6, 6.07) is 8.79. The van der Waals surface area contributed by atoms with Crippen LogP contribution in [0.2, 0.25) is 0 Å². The molecule has 0 radical (unpaired) electrons. The van der Waals surface area contributed by atoms with Crippen LogP contribution in [-0.2, 0) is 16.6 Å². The van der Waals surface area contributed by atoms with Crippen LogP contribution in [0.3, 0.4) is 0 Å². The van der Waals surface area contributed by atoms with Crippen molar-refractivity contribution < 1.29 is 8.42 Å². The molecule has 1 aromatic heterocycles. The van der Waals surface area contributed by atoms with Gasteiger partial charge in [0.25, 0.3) is 10.0 Å². The van der Waals surface area contributed by atoms with Gasteiger partial charge in [0.15, 0.2) is 0 Å². The van der Waals surface area contributed by atoms with Crippen molar-refractivity contribution in [2.24, 2.45) is 5.73 Å². The van der Waals surface area contributed by atoms with E-state index in [0.29, 0.717) is 11.4 Å². The number of aromatic amines is 1. The predicted octanol–water partition coefficient (Wildman–Crippen LogP) is 2.00. The number of thioether (sulfide) groups is 1. The molecule has 0 atom stereocenters. The Morgan fingerprint density at radius 1 is 1.37 bits per heavy atom. The second-order valence-electron chi connectivity index (χ2n) is 3.87. The van der Waals surface area contributed by atoms with Gasteiger partial charge in [-0.05, 0) is 24.5 Å². The molecule has 0 amide bonds. The van der Waals surface area contributed by atoms with Gasteiger partial charge < -0.3 is 10.7 Å². The Labute approximate surface area is 116 Å². The number of hydrogen-bond donors (Lipinski definition) is 3. The summed E-state index contributed by atoms with van der Waals surface area (Å²) in [4.78, 5) is 3.89. The van der Waals surface area contributed by atoms with Crippen molar-refractivity contribution in [1.82, 2.24) is 4.98 Å². The maximum absolute atomic E-state index is 12.2. The number of aromatic nitrogens is 1. The number of hydrogen-bond acceptors (Lipinski definition) is 4. The number of benzene rings is 1. The highest BCUT2D eigenvalue weighted by Crippen LogP contribution is 2.27. The molecule has 0 saturated heterocycles. The van der Waals surface area contributed by atoms with Gasteiger partial charge in [0.1, 0.15) is 4.90 Å². The average Bonchev–Trinajstić information content (AvgIpc) is 2.88. The molecule has 0 aliphatic carbocycles. The van der Waals surface area contributed by atoms with Crippen LogP contribution >= 0.6 is 11.8 Å². The lowest BCUT2D eigenvalue weighted by molar-refractivity contribution is 0.601. The summed E-state index contributed by atoms with van der Waals surface area (Å²) < 4.78 is 27.0. The summed E-state index contributed by atoms with van der Waals surface area (Å²) in [7, 11) is -3.59. The van der Waals surface area contributed by atoms with E-state index in [1.165, 1.54) is 24.0 Å². The fourth-order valence-corrected chi connectivity index (χ4v) is 3.34. The maximum atomic E-state index is 12.2. The number of nitrogens with one attached hydrogen (secondary N) is 2. The zero-order valence-electron chi connectivity index (χ0n) is 10.4. The van der Waals surface area contributed by atoms with Crippen LogP contribution in [0.5, 0.6) is 0 Å². The van der Waals surface area contributed by atoms with Gasteiger partial charge in [-0.25, -0.2) is 8.42 Å². The fourth-order valence-electron chi connectivity index (χ4n) is 1.62. The van der Waals surface area contributed by atoms with Gasteiger partial charge in [-0.3, -0.25) is 4.72 Å². The number of para-hydroxylation sites is 1. The molecular weight excluding hydrogens is 282 g/mol. The van der Waals surface area contributed by atoms with Gasteiger partial charge >= 0.3 is 0 Å². The van der Waals surface area contributed by atoms with Crippen LogP contribution in [-0.4, -0.2) is 19.7 Å². The summed E-state index contributed by atoms with van der Waals surface area (Å²) in [5, 5.41) is 0. The number of anilines is 1. The standard InChI is InChI=1S/C12H15N3O2S2/c1-18-12-5-3-2-4-11(12)15-19(16,17)10-6-9(7-13)14-8-10/h2-6,8,14-15H,7,13H2,1H3. The Kier molecular flexibility index (Phi) is 4.18. The molecular formula is C12H15N3O2S2. The number of sulfonamides is 1. The largest absolute Gasteiger partial charge is 0.363 e. The Morgan fingerprint density at radius 2 is 2.11 bits per heavy atom. The van der Waals surface area contributed by atoms with Crippen LogP contribution in [0.4, 0.5) is 5.69 Å². The third-order valence-corrected chi connectivity index (χ3v) is 4.74. The second-order valence-corrected chi connectivity index (χ2v) is 6.40. The maximum Gasteiger partial charge on any atom is 0.263 e. The molecule has 0 bridgehead atoms. The first kappa shape index (κ1) is 14.0. The molecule has 2 rings (SSSR count). The summed E-state index contributed by atoms with van der Waals surface area (Å²) >= 11 is 1.49. The first-order valence-corrected chi connectivity index (χ1v) is 8.31. The zero-order valence-corrected chi connectivity index (χ0v) is 12.0. The minimum atomic E-state index is -3.59. The third-order valence-electron chi connectivity index (χ3n) is 2.60. The molecule has 2 aromatic rings. The minimum Gasteiger partial charge on any atom is -0.363 e. The van der Waals surface area contributed by atoms with E-state index in [2.05, 4.69) is 9.71 Å². The molecule has 0 aliphatic rings. The van der Waals surface area contributed by atoms with Crippen molar-refractivity contribution in [3.63, 3.8) is 0 Å². The highest BCUT2D eigenvalue weighted by molar-refractivity contribution is 7.99. The van der Waals surface area contributed by atoms with Crippen LogP contribution < -0.4 is 10.5 Å². The van der Waals surface area contributed by atoms with Gasteiger partial charge in [0.2, 0.25) is 0 Å². The van der Waals surface area contributed by atoms with Crippen LogP contribution in [0, 0.1) is 0 Å². The smallest absolute Gasteiger partial charge is 0.263 e. The van der Waals surface area contributed by atoms with Crippen molar-refractivity contribution >= 4 is 27.5 Å². The highest BCUT2D eigenvalue weighted by atomic mass is 32.2. The van der Waals surface area contributed by atoms with E-state index in [1.807, 2.05) is 18.4 Å². The summed E-state index contributed by atoms with van der Waals surface area (Å²) in [5.41, 5.74) is 6.71. The molecule has 0 saturated carbocycles. The Bertz CT molecular complexity index is 665. The lowest BCUT2D eigenvalue weighted by Gasteiger charge is -2.09. The molecule has 5 nitrogen and oxygen atoms in total. The van der Waals surface area contributed by atoms with E-state index in [1.54, 1.807) is 12.1 Å². The molecule has 102 valence electrons. The molecule has 0 aliphatic heterocycles. The topological polar surface area (TPSA) is 88.0 Å². The third kappa shape index (κ3) is 3.12. The molecule has 1 aromatic carbocycles. The van der Waals surface area contributed by atoms with Crippen molar-refractivity contribution in [3.8, 4) is 0 Å². The highest BCUT2D eigenvalue weighted by Gasteiger charge is 2.17. The molecule has 0 unspecified atom stereocenters. The van der Waals surface area contributed by atoms with E-state index in [0.717, 1.165) is 4.90 Å². The van der Waals surface area contributed by atoms with Gasteiger partial charge in [0, 0.05) is 23.3 Å². The van der Waals surface area contributed by atoms with E-state index >= 15 is 0 Å². The Morgan fingerprint density at radius 3 is 2.74 bits per heavy atom. The number of nitrogens with two attached hydrogens (primary N) is 1. The summed E-state index contributed by atoms with van der Waals surface area (Å²) in [5.74, 6) is 0. The zero-order chi connectivity index (χ0) is 13.9. The normalized spacial score (nSPS) is 11.5. The molecule has 1 heterocycles. The minimum absolute atomic E-state index is 0.184. The second kappa shape index (κ2) is 5.68. The van der Waals surface area contributed by atoms with Crippen molar-refractivity contribution in [1.29, 1.82) is 0 Å². The lowest BCUT2D eigenvalue weighted by Crippen LogP contribution is -2.12. The van der Waals surface area contributed by atoms with Crippen molar-refractivity contribution in [3.05, 3.63) is 42.2 Å². The summed E-state index contributed by atoms with van der Waals surface area (Å²) in [6.45, 7) is 0.275. The van der Waals surface area contributed by atoms with Gasteiger partial charge in [-0.1, -0.05) is 12.1 Å². The van der Waals surface area contributed by atoms with E-state index in [9.17, 15) is 8.42 Å². The van der Waals surface area contributed by atoms with E-state index in [4.69, 9.17) is 5.73 Å². The fraction of sp³-hybridized carbons (Fsp3) is 0.167. The lowest BCUT2D eigenvalue weighted by atomic mass is 10.3. The summed E-state index contributed by atoms with van der Waals surface area (Å²) in [6.07, 6.45) is 3.34. The van der Waals surface area contributed by atoms with Gasteiger partial charge in [-0.15, -0.1) is 11.8 Å². The Hall–Kier alpha value is -1.44. The van der Waals surface area contributed by atoms with E-state index in [-0.39, 0.29) is 11.4 Å². The van der Waals surface area contributed by atoms with Gasteiger partial charge in [-0.2, -0.15) is 0 Å². The SMILES string of the molecule is CSc1ccccc1NS(=O)(=O)c1c[nH]c(CN)c1. The average molecular weight is 297 g/mol. The van der Waals surface area contributed by atoms with Crippen LogP contribution in [0.25, 0.3) is 0 Å². The molecule has 0 spiro atoms.